The van der Waals surface area contributed by atoms with E-state index < -0.39 is 0 Å². The van der Waals surface area contributed by atoms with Crippen LogP contribution in [0.15, 0.2) is 42.7 Å². The number of aliphatic hydroxyl groups is 2. The van der Waals surface area contributed by atoms with E-state index in [9.17, 15) is 5.11 Å². The molecule has 1 aromatic carbocycles. The lowest BCUT2D eigenvalue weighted by atomic mass is 10.2. The number of aryl methyl sites for hydroxylation is 1. The summed E-state index contributed by atoms with van der Waals surface area (Å²) in [7, 11) is 1.55. The van der Waals surface area contributed by atoms with Gasteiger partial charge in [0.2, 0.25) is 5.95 Å². The van der Waals surface area contributed by atoms with Gasteiger partial charge in [0, 0.05) is 43.2 Å². The maximum Gasteiger partial charge on any atom is 0.239 e. The summed E-state index contributed by atoms with van der Waals surface area (Å²) < 4.78 is 10.5. The van der Waals surface area contributed by atoms with E-state index in [0.29, 0.717) is 36.1 Å². The van der Waals surface area contributed by atoms with Crippen molar-refractivity contribution in [1.82, 2.24) is 24.7 Å². The standard InChI is InChI=1S/C22H28N6O3S.C3H8O/c1-15-13-24-17(14-23-15)12-16(2)32-27-22-26-25-20(10-5-4-6-11-29)28(22)21-18(30)8-7-9-19(21)31-3;1-3(2)4/h4-5,7-9,13-14,16,29-30H,6,10-12H2,1-3H3,(H,26,27);3-4H,1-2H3/b5-4-;. The molecule has 0 aliphatic heterocycles. The van der Waals surface area contributed by atoms with Crippen molar-refractivity contribution in [2.75, 3.05) is 18.4 Å². The lowest BCUT2D eigenvalue weighted by Crippen LogP contribution is -2.10. The number of rotatable bonds is 11. The lowest BCUT2D eigenvalue weighted by molar-refractivity contribution is 0.216. The van der Waals surface area contributed by atoms with Crippen LogP contribution in [0.5, 0.6) is 11.5 Å². The summed E-state index contributed by atoms with van der Waals surface area (Å²) in [6, 6.07) is 5.09. The third kappa shape index (κ3) is 9.14. The number of para-hydroxylation sites is 1. The zero-order chi connectivity index (χ0) is 26.5. The first kappa shape index (κ1) is 29.1. The maximum absolute atomic E-state index is 10.6. The summed E-state index contributed by atoms with van der Waals surface area (Å²) >= 11 is 1.49. The molecule has 2 heterocycles. The summed E-state index contributed by atoms with van der Waals surface area (Å²) in [6.07, 6.45) is 8.96. The minimum Gasteiger partial charge on any atom is -0.506 e. The van der Waals surface area contributed by atoms with Crippen molar-refractivity contribution < 1.29 is 20.1 Å². The van der Waals surface area contributed by atoms with Gasteiger partial charge in [-0.15, -0.1) is 10.2 Å². The Kier molecular flexibility index (Phi) is 12.2. The van der Waals surface area contributed by atoms with Crippen LogP contribution >= 0.6 is 11.9 Å². The van der Waals surface area contributed by atoms with Crippen molar-refractivity contribution in [2.24, 2.45) is 0 Å². The van der Waals surface area contributed by atoms with Crippen molar-refractivity contribution in [1.29, 1.82) is 0 Å². The van der Waals surface area contributed by atoms with E-state index in [1.54, 1.807) is 56.1 Å². The number of ether oxygens (including phenoxy) is 1. The number of benzene rings is 1. The van der Waals surface area contributed by atoms with Crippen LogP contribution in [-0.2, 0) is 12.8 Å². The van der Waals surface area contributed by atoms with Crippen LogP contribution in [0.2, 0.25) is 0 Å². The van der Waals surface area contributed by atoms with Gasteiger partial charge in [0.25, 0.3) is 0 Å². The SMILES string of the molecule is CC(C)O.COc1cccc(O)c1-n1c(C/C=C\CCO)nnc1NSC(C)Cc1cnc(C)cn1. The number of hydrogen-bond acceptors (Lipinski definition) is 10. The zero-order valence-electron chi connectivity index (χ0n) is 21.4. The molecule has 0 spiro atoms. The normalized spacial score (nSPS) is 11.9. The Labute approximate surface area is 216 Å². The van der Waals surface area contributed by atoms with E-state index in [1.165, 1.54) is 11.9 Å². The Morgan fingerprint density at radius 2 is 1.89 bits per heavy atom. The number of aromatic hydroxyl groups is 1. The maximum atomic E-state index is 10.6. The highest BCUT2D eigenvalue weighted by molar-refractivity contribution is 8.01. The van der Waals surface area contributed by atoms with Crippen LogP contribution in [0.25, 0.3) is 5.69 Å². The molecule has 2 aromatic heterocycles. The van der Waals surface area contributed by atoms with Gasteiger partial charge in [-0.1, -0.05) is 25.1 Å². The van der Waals surface area contributed by atoms with Crippen molar-refractivity contribution in [3.63, 3.8) is 0 Å². The fraction of sp³-hybridized carbons (Fsp3) is 0.440. The van der Waals surface area contributed by atoms with Crippen LogP contribution in [0.1, 0.15) is 44.4 Å². The molecule has 196 valence electrons. The van der Waals surface area contributed by atoms with Gasteiger partial charge >= 0.3 is 0 Å². The van der Waals surface area contributed by atoms with Crippen LogP contribution in [0.4, 0.5) is 5.95 Å². The Hall–Kier alpha value is -3.15. The average molecular weight is 517 g/mol. The van der Waals surface area contributed by atoms with Crippen LogP contribution in [0, 0.1) is 6.92 Å². The van der Waals surface area contributed by atoms with Crippen LogP contribution in [0.3, 0.4) is 0 Å². The summed E-state index contributed by atoms with van der Waals surface area (Å²) in [5.41, 5.74) is 2.26. The summed E-state index contributed by atoms with van der Waals surface area (Å²) in [5.74, 6) is 1.66. The molecule has 4 N–H and O–H groups in total. The number of phenols is 1. The number of nitrogens with one attached hydrogen (secondary N) is 1. The fourth-order valence-corrected chi connectivity index (χ4v) is 3.74. The molecule has 0 aliphatic rings. The molecular weight excluding hydrogens is 480 g/mol. The Morgan fingerprint density at radius 3 is 2.53 bits per heavy atom. The monoisotopic (exact) mass is 516 g/mol. The predicted molar refractivity (Wildman–Crippen MR) is 143 cm³/mol. The molecule has 3 aromatic rings. The van der Waals surface area contributed by atoms with E-state index in [1.807, 2.05) is 19.1 Å². The number of phenolic OH excluding ortho intramolecular Hbond substituents is 1. The molecule has 0 bridgehead atoms. The van der Waals surface area contributed by atoms with E-state index in [4.69, 9.17) is 14.9 Å². The molecule has 0 fully saturated rings. The second-order valence-electron chi connectivity index (χ2n) is 8.27. The highest BCUT2D eigenvalue weighted by atomic mass is 32.2. The summed E-state index contributed by atoms with van der Waals surface area (Å²) in [4.78, 5) is 8.71. The largest absolute Gasteiger partial charge is 0.506 e. The molecule has 0 aliphatic carbocycles. The van der Waals surface area contributed by atoms with Gasteiger partial charge in [-0.05, 0) is 51.3 Å². The number of nitrogens with zero attached hydrogens (tertiary/aromatic N) is 5. The fourth-order valence-electron chi connectivity index (χ4n) is 3.05. The lowest BCUT2D eigenvalue weighted by Gasteiger charge is -2.16. The molecule has 0 saturated heterocycles. The highest BCUT2D eigenvalue weighted by Gasteiger charge is 2.20. The van der Waals surface area contributed by atoms with E-state index >= 15 is 0 Å². The predicted octanol–water partition coefficient (Wildman–Crippen LogP) is 3.64. The zero-order valence-corrected chi connectivity index (χ0v) is 22.2. The molecule has 0 radical (unpaired) electrons. The van der Waals surface area contributed by atoms with Crippen molar-refractivity contribution in [3.8, 4) is 17.2 Å². The number of allylic oxidation sites excluding steroid dienone is 1. The Bertz CT molecular complexity index is 1090. The van der Waals surface area contributed by atoms with E-state index in [-0.39, 0.29) is 23.7 Å². The van der Waals surface area contributed by atoms with E-state index in [2.05, 4.69) is 31.8 Å². The topological polar surface area (TPSA) is 138 Å². The molecule has 10 nitrogen and oxygen atoms in total. The first-order chi connectivity index (χ1) is 17.3. The van der Waals surface area contributed by atoms with Crippen molar-refractivity contribution in [3.05, 3.63) is 60.0 Å². The van der Waals surface area contributed by atoms with Crippen LogP contribution in [-0.4, -0.2) is 65.1 Å². The van der Waals surface area contributed by atoms with Crippen LogP contribution < -0.4 is 9.46 Å². The van der Waals surface area contributed by atoms with Gasteiger partial charge < -0.3 is 20.1 Å². The quantitative estimate of drug-likeness (QED) is 0.221. The highest BCUT2D eigenvalue weighted by Crippen LogP contribution is 2.35. The van der Waals surface area contributed by atoms with Gasteiger partial charge in [-0.3, -0.25) is 19.3 Å². The molecule has 1 atom stereocenters. The second-order valence-corrected chi connectivity index (χ2v) is 9.51. The second kappa shape index (κ2) is 15.1. The van der Waals surface area contributed by atoms with Gasteiger partial charge in [0.15, 0.2) is 0 Å². The smallest absolute Gasteiger partial charge is 0.239 e. The number of hydrogen-bond donors (Lipinski definition) is 4. The molecular formula is C25H36N6O4S. The number of methoxy groups -OCH3 is 1. The Balaban J connectivity index is 0.00000106. The van der Waals surface area contributed by atoms with Gasteiger partial charge in [-0.2, -0.15) is 0 Å². The average Bonchev–Trinajstić information content (AvgIpc) is 3.23. The minimum absolute atomic E-state index is 0.0563. The molecule has 11 heteroatoms. The summed E-state index contributed by atoms with van der Waals surface area (Å²) in [6.45, 7) is 7.52. The molecule has 36 heavy (non-hydrogen) atoms. The molecule has 0 saturated carbocycles. The van der Waals surface area contributed by atoms with Gasteiger partial charge in [0.05, 0.1) is 18.5 Å². The number of aliphatic hydroxyl groups excluding tert-OH is 2. The third-order valence-corrected chi connectivity index (χ3v) is 5.47. The van der Waals surface area contributed by atoms with E-state index in [0.717, 1.165) is 17.8 Å². The molecule has 0 amide bonds. The Morgan fingerprint density at radius 1 is 1.14 bits per heavy atom. The van der Waals surface area contributed by atoms with Crippen molar-refractivity contribution in [2.45, 2.75) is 58.3 Å². The number of anilines is 1. The van der Waals surface area contributed by atoms with Gasteiger partial charge in [-0.25, -0.2) is 0 Å². The molecule has 3 rings (SSSR count). The first-order valence-corrected chi connectivity index (χ1v) is 12.6. The third-order valence-electron chi connectivity index (χ3n) is 4.60. The number of aromatic nitrogens is 5. The molecule has 1 unspecified atom stereocenters. The first-order valence-electron chi connectivity index (χ1n) is 11.7. The van der Waals surface area contributed by atoms with Gasteiger partial charge in [0.1, 0.15) is 23.0 Å². The van der Waals surface area contributed by atoms with Crippen molar-refractivity contribution >= 4 is 17.9 Å². The summed E-state index contributed by atoms with van der Waals surface area (Å²) in [5, 5.41) is 36.4. The minimum atomic E-state index is -0.167.